The zero-order valence-electron chi connectivity index (χ0n) is 22.8. The molecule has 7 nitrogen and oxygen atoms in total. The van der Waals surface area contributed by atoms with E-state index in [1.807, 2.05) is 55.6 Å². The maximum atomic E-state index is 14.5. The molecule has 202 valence electrons. The number of rotatable bonds is 12. The molecule has 3 aromatic rings. The molecule has 0 fully saturated rings. The predicted octanol–water partition coefficient (Wildman–Crippen LogP) is 7.16. The number of likely N-dealkylation sites (N-methyl/N-ethyl adjacent to an activating group) is 1. The molecule has 0 saturated heterocycles. The largest absolute Gasteiger partial charge is 0.388 e. The second-order valence-corrected chi connectivity index (χ2v) is 9.09. The van der Waals surface area contributed by atoms with Crippen LogP contribution >= 0.6 is 0 Å². The maximum absolute atomic E-state index is 14.5. The number of carbonyl (C=O) groups is 1. The van der Waals surface area contributed by atoms with Crippen LogP contribution in [0.15, 0.2) is 96.9 Å². The van der Waals surface area contributed by atoms with E-state index in [9.17, 15) is 9.18 Å². The fraction of sp³-hybridized carbons (Fsp3) is 0.194. The monoisotopic (exact) mass is 526 g/mol. The van der Waals surface area contributed by atoms with Gasteiger partial charge in [0.15, 0.2) is 0 Å². The molecule has 0 aliphatic rings. The number of benzene rings is 2. The molecule has 1 heterocycles. The van der Waals surface area contributed by atoms with Crippen LogP contribution in [-0.4, -0.2) is 35.7 Å². The molecule has 1 amide bonds. The summed E-state index contributed by atoms with van der Waals surface area (Å²) >= 11 is 0. The van der Waals surface area contributed by atoms with Crippen LogP contribution in [0, 0.1) is 5.82 Å². The van der Waals surface area contributed by atoms with Gasteiger partial charge in [0.25, 0.3) is 5.91 Å². The molecule has 1 atom stereocenters. The number of halogens is 1. The van der Waals surface area contributed by atoms with Crippen LogP contribution in [0.1, 0.15) is 37.4 Å². The lowest BCUT2D eigenvalue weighted by Crippen LogP contribution is -2.24. The van der Waals surface area contributed by atoms with Crippen molar-refractivity contribution in [1.29, 1.82) is 0 Å². The summed E-state index contributed by atoms with van der Waals surface area (Å²) in [6.07, 6.45) is 8.56. The van der Waals surface area contributed by atoms with Gasteiger partial charge in [-0.1, -0.05) is 30.9 Å². The number of nitrogens with one attached hydrogen (secondary N) is 3. The van der Waals surface area contributed by atoms with Gasteiger partial charge in [-0.05, 0) is 74.4 Å². The molecule has 3 rings (SSSR count). The number of allylic oxidation sites excluding steroid dienone is 2. The van der Waals surface area contributed by atoms with Crippen LogP contribution in [0.5, 0.6) is 0 Å². The maximum Gasteiger partial charge on any atom is 0.273 e. The van der Waals surface area contributed by atoms with Crippen LogP contribution in [0.25, 0.3) is 6.08 Å². The van der Waals surface area contributed by atoms with E-state index in [0.717, 1.165) is 34.8 Å². The Bertz CT molecular complexity index is 1380. The van der Waals surface area contributed by atoms with Gasteiger partial charge in [0.2, 0.25) is 0 Å². The zero-order valence-corrected chi connectivity index (χ0v) is 22.8. The highest BCUT2D eigenvalue weighted by Crippen LogP contribution is 2.33. The van der Waals surface area contributed by atoms with Crippen molar-refractivity contribution in [1.82, 2.24) is 9.99 Å². The van der Waals surface area contributed by atoms with Gasteiger partial charge in [-0.3, -0.25) is 14.8 Å². The molecule has 0 radical (unpaired) electrons. The number of anilines is 4. The Balaban J connectivity index is 1.80. The van der Waals surface area contributed by atoms with E-state index in [4.69, 9.17) is 0 Å². The lowest BCUT2D eigenvalue weighted by molar-refractivity contribution is -0.114. The van der Waals surface area contributed by atoms with Crippen molar-refractivity contribution in [2.75, 3.05) is 30.0 Å². The normalized spacial score (nSPS) is 11.4. The first kappa shape index (κ1) is 28.8. The van der Waals surface area contributed by atoms with Gasteiger partial charge in [-0.25, -0.2) is 4.39 Å². The Morgan fingerprint density at radius 2 is 1.85 bits per heavy atom. The van der Waals surface area contributed by atoms with E-state index >= 15 is 0 Å². The molecule has 8 heteroatoms. The van der Waals surface area contributed by atoms with E-state index in [1.54, 1.807) is 33.2 Å². The molecular weight excluding hydrogens is 491 g/mol. The third-order valence-corrected chi connectivity index (χ3v) is 5.84. The second kappa shape index (κ2) is 13.7. The van der Waals surface area contributed by atoms with E-state index in [-0.39, 0.29) is 17.3 Å². The lowest BCUT2D eigenvalue weighted by Gasteiger charge is -2.19. The topological polar surface area (TPSA) is 81.7 Å². The van der Waals surface area contributed by atoms with E-state index in [2.05, 4.69) is 45.3 Å². The highest BCUT2D eigenvalue weighted by molar-refractivity contribution is 6.03. The van der Waals surface area contributed by atoms with Crippen molar-refractivity contribution in [3.8, 4) is 0 Å². The van der Waals surface area contributed by atoms with E-state index in [1.165, 1.54) is 17.1 Å². The molecule has 3 N–H and O–H groups in total. The average molecular weight is 527 g/mol. The van der Waals surface area contributed by atoms with Crippen LogP contribution in [0.3, 0.4) is 0 Å². The van der Waals surface area contributed by atoms with Crippen LogP contribution in [0.4, 0.5) is 27.1 Å². The Hall–Kier alpha value is -4.72. The number of pyridine rings is 1. The van der Waals surface area contributed by atoms with Gasteiger partial charge < -0.3 is 16.0 Å². The van der Waals surface area contributed by atoms with Crippen molar-refractivity contribution in [3.05, 3.63) is 109 Å². The van der Waals surface area contributed by atoms with Gasteiger partial charge in [0, 0.05) is 49.0 Å². The molecule has 39 heavy (non-hydrogen) atoms. The summed E-state index contributed by atoms with van der Waals surface area (Å²) in [5.41, 5.74) is 5.24. The number of nitrogens with zero attached hydrogens (tertiary/aromatic N) is 3. The smallest absolute Gasteiger partial charge is 0.273 e. The Morgan fingerprint density at radius 1 is 1.13 bits per heavy atom. The number of aromatic nitrogens is 1. The van der Waals surface area contributed by atoms with Crippen molar-refractivity contribution < 1.29 is 9.18 Å². The quantitative estimate of drug-likeness (QED) is 0.101. The van der Waals surface area contributed by atoms with Gasteiger partial charge in [-0.15, -0.1) is 6.58 Å². The van der Waals surface area contributed by atoms with E-state index < -0.39 is 11.7 Å². The Morgan fingerprint density at radius 3 is 2.49 bits per heavy atom. The summed E-state index contributed by atoms with van der Waals surface area (Å²) in [5, 5.41) is 14.7. The summed E-state index contributed by atoms with van der Waals surface area (Å²) in [7, 11) is 3.48. The molecule has 0 aliphatic heterocycles. The average Bonchev–Trinajstić information content (AvgIpc) is 2.92. The van der Waals surface area contributed by atoms with Crippen molar-refractivity contribution in [2.45, 2.75) is 26.2 Å². The van der Waals surface area contributed by atoms with Crippen LogP contribution in [0.2, 0.25) is 0 Å². The molecule has 0 saturated carbocycles. The number of carbonyl (C=O) groups excluding carboxylic acids is 1. The minimum atomic E-state index is -0.558. The van der Waals surface area contributed by atoms with Crippen molar-refractivity contribution in [3.63, 3.8) is 0 Å². The third-order valence-electron chi connectivity index (χ3n) is 5.84. The van der Waals surface area contributed by atoms with Gasteiger partial charge in [0.1, 0.15) is 11.5 Å². The SMILES string of the molecule is C=CCC(/C=C/c1ccccn1)c1ccc(Nc2ccc(F)c(NC(=O)C(=C)N(C)N=C(C)C)c2)cc1NC. The molecule has 0 bridgehead atoms. The summed E-state index contributed by atoms with van der Waals surface area (Å²) in [5.74, 6) is -1.01. The fourth-order valence-electron chi connectivity index (χ4n) is 3.92. The van der Waals surface area contributed by atoms with Crippen LogP contribution < -0.4 is 16.0 Å². The number of hydrazone groups is 1. The summed E-state index contributed by atoms with van der Waals surface area (Å²) < 4.78 is 14.5. The minimum Gasteiger partial charge on any atom is -0.388 e. The number of hydrogen-bond donors (Lipinski definition) is 3. The fourth-order valence-corrected chi connectivity index (χ4v) is 3.92. The number of amides is 1. The first-order valence-electron chi connectivity index (χ1n) is 12.6. The van der Waals surface area contributed by atoms with Gasteiger partial charge in [-0.2, -0.15) is 5.10 Å². The first-order valence-corrected chi connectivity index (χ1v) is 12.6. The van der Waals surface area contributed by atoms with E-state index in [0.29, 0.717) is 5.69 Å². The van der Waals surface area contributed by atoms with Crippen molar-refractivity contribution >= 4 is 40.4 Å². The Labute approximate surface area is 229 Å². The summed E-state index contributed by atoms with van der Waals surface area (Å²) in [4.78, 5) is 17.0. The van der Waals surface area contributed by atoms with Gasteiger partial charge in [0.05, 0.1) is 11.4 Å². The molecule has 1 unspecified atom stereocenters. The highest BCUT2D eigenvalue weighted by atomic mass is 19.1. The standard InChI is InChI=1S/C31H35FN6O/c1-7-10-23(12-13-24-11-8-9-18-34-24)27-16-14-25(19-29(27)33-5)35-26-15-17-28(32)30(20-26)36-31(39)22(4)38(6)37-21(2)3/h7-9,11-20,23,33,35H,1,4,10H2,2-3,5-6H3,(H,36,39)/b13-12+. The molecular formula is C31H35FN6O. The van der Waals surface area contributed by atoms with Gasteiger partial charge >= 0.3 is 0 Å². The molecule has 2 aromatic carbocycles. The lowest BCUT2D eigenvalue weighted by atomic mass is 9.93. The molecule has 0 aliphatic carbocycles. The molecule has 1 aromatic heterocycles. The predicted molar refractivity (Wildman–Crippen MR) is 161 cm³/mol. The zero-order chi connectivity index (χ0) is 28.4. The number of hydrogen-bond acceptors (Lipinski definition) is 6. The second-order valence-electron chi connectivity index (χ2n) is 9.09. The first-order chi connectivity index (χ1) is 18.7. The summed E-state index contributed by atoms with van der Waals surface area (Å²) in [6, 6.07) is 16.3. The van der Waals surface area contributed by atoms with Crippen molar-refractivity contribution in [2.24, 2.45) is 5.10 Å². The Kier molecular flexibility index (Phi) is 10.1. The summed E-state index contributed by atoms with van der Waals surface area (Å²) in [6.45, 7) is 11.3. The third kappa shape index (κ3) is 8.13. The van der Waals surface area contributed by atoms with Crippen LogP contribution in [-0.2, 0) is 4.79 Å². The highest BCUT2D eigenvalue weighted by Gasteiger charge is 2.15. The minimum absolute atomic E-state index is 0.0351. The molecule has 0 spiro atoms.